The highest BCUT2D eigenvalue weighted by Gasteiger charge is 2.17. The Kier molecular flexibility index (Phi) is 5.87. The number of carbonyl (C=O) groups excluding carboxylic acids is 2. The van der Waals surface area contributed by atoms with Gasteiger partial charge in [0.25, 0.3) is 5.91 Å². The summed E-state index contributed by atoms with van der Waals surface area (Å²) in [6, 6.07) is 7.26. The van der Waals surface area contributed by atoms with Crippen LogP contribution in [0.1, 0.15) is 27.7 Å². The molecule has 0 unspecified atom stereocenters. The van der Waals surface area contributed by atoms with Crippen LogP contribution in [0, 0.1) is 11.3 Å². The molecule has 0 aliphatic heterocycles. The van der Waals surface area contributed by atoms with E-state index in [4.69, 9.17) is 22.6 Å². The number of amides is 3. The minimum atomic E-state index is -1.03. The summed E-state index contributed by atoms with van der Waals surface area (Å²) in [5.74, 6) is -0.516. The Morgan fingerprint density at radius 1 is 1.36 bits per heavy atom. The Balaban J connectivity index is 2.22. The highest BCUT2D eigenvalue weighted by atomic mass is 35.5. The molecule has 0 aliphatic rings. The number of anilines is 1. The van der Waals surface area contributed by atoms with Gasteiger partial charge in [-0.3, -0.25) is 4.79 Å². The molecule has 25 heavy (non-hydrogen) atoms. The molecule has 4 N–H and O–H groups in total. The Bertz CT molecular complexity index is 835. The van der Waals surface area contributed by atoms with Crippen LogP contribution in [0.25, 0.3) is 0 Å². The molecule has 1 aromatic heterocycles. The van der Waals surface area contributed by atoms with Gasteiger partial charge in [0.1, 0.15) is 18.4 Å². The number of nitriles is 1. The minimum Gasteiger partial charge on any atom is -0.352 e. The van der Waals surface area contributed by atoms with Crippen LogP contribution in [0.2, 0.25) is 5.02 Å². The summed E-state index contributed by atoms with van der Waals surface area (Å²) >= 11 is 6.03. The molecule has 2 rings (SSSR count). The van der Waals surface area contributed by atoms with Gasteiger partial charge in [-0.05, 0) is 35.9 Å². The fraction of sp³-hybridized carbons (Fsp3) is 0.125. The van der Waals surface area contributed by atoms with Crippen molar-refractivity contribution in [2.45, 2.75) is 6.04 Å². The number of nitrogens with zero attached hydrogens (tertiary/aromatic N) is 2. The first kappa shape index (κ1) is 18.2. The summed E-state index contributed by atoms with van der Waals surface area (Å²) in [6.45, 7) is -0.919. The topological polar surface area (TPSA) is 121 Å². The predicted molar refractivity (Wildman–Crippen MR) is 89.8 cm³/mol. The van der Waals surface area contributed by atoms with Crippen molar-refractivity contribution in [1.82, 2.24) is 10.3 Å². The molecule has 0 saturated heterocycles. The van der Waals surface area contributed by atoms with Crippen molar-refractivity contribution in [2.24, 2.45) is 5.73 Å². The average Bonchev–Trinajstić information content (AvgIpc) is 2.61. The van der Waals surface area contributed by atoms with E-state index in [0.717, 1.165) is 0 Å². The van der Waals surface area contributed by atoms with E-state index in [1.54, 1.807) is 0 Å². The monoisotopic (exact) mass is 361 g/mol. The summed E-state index contributed by atoms with van der Waals surface area (Å²) in [4.78, 5) is 27.0. The van der Waals surface area contributed by atoms with Gasteiger partial charge in [-0.25, -0.2) is 14.2 Å². The van der Waals surface area contributed by atoms with E-state index in [9.17, 15) is 14.0 Å². The Morgan fingerprint density at radius 2 is 2.12 bits per heavy atom. The lowest BCUT2D eigenvalue weighted by molar-refractivity contribution is 0.102. The second-order valence-corrected chi connectivity index (χ2v) is 5.36. The van der Waals surface area contributed by atoms with Gasteiger partial charge < -0.3 is 16.4 Å². The van der Waals surface area contributed by atoms with Crippen molar-refractivity contribution < 1.29 is 14.0 Å². The van der Waals surface area contributed by atoms with Crippen molar-refractivity contribution in [3.8, 4) is 6.07 Å². The van der Waals surface area contributed by atoms with Crippen LogP contribution in [0.3, 0.4) is 0 Å². The SMILES string of the molecule is N#Cc1ccc(C(=O)Nc2ccc(Cl)c([C@H](CF)NC(N)=O)c2)nc1. The Hall–Kier alpha value is -3.18. The zero-order chi connectivity index (χ0) is 18.4. The Labute approximate surface area is 147 Å². The molecular weight excluding hydrogens is 349 g/mol. The lowest BCUT2D eigenvalue weighted by Gasteiger charge is -2.17. The number of rotatable bonds is 5. The van der Waals surface area contributed by atoms with Gasteiger partial charge in [0.15, 0.2) is 0 Å². The van der Waals surface area contributed by atoms with Crippen LogP contribution in [-0.2, 0) is 0 Å². The first-order valence-electron chi connectivity index (χ1n) is 7.03. The number of benzene rings is 1. The van der Waals surface area contributed by atoms with Crippen molar-refractivity contribution in [2.75, 3.05) is 12.0 Å². The fourth-order valence-corrected chi connectivity index (χ4v) is 2.30. The third kappa shape index (κ3) is 4.65. The number of pyridine rings is 1. The van der Waals surface area contributed by atoms with Crippen LogP contribution in [-0.4, -0.2) is 23.6 Å². The van der Waals surface area contributed by atoms with E-state index in [1.807, 2.05) is 6.07 Å². The highest BCUT2D eigenvalue weighted by molar-refractivity contribution is 6.31. The predicted octanol–water partition coefficient (Wildman–Crippen LogP) is 2.54. The number of hydrogen-bond donors (Lipinski definition) is 3. The third-order valence-electron chi connectivity index (χ3n) is 3.23. The number of urea groups is 1. The first-order valence-corrected chi connectivity index (χ1v) is 7.41. The number of nitrogens with two attached hydrogens (primary N) is 1. The molecule has 3 amide bonds. The number of halogens is 2. The number of primary amides is 1. The summed E-state index contributed by atoms with van der Waals surface area (Å²) < 4.78 is 13.2. The summed E-state index contributed by atoms with van der Waals surface area (Å²) in [7, 11) is 0. The lowest BCUT2D eigenvalue weighted by Crippen LogP contribution is -2.34. The fourth-order valence-electron chi connectivity index (χ4n) is 2.05. The van der Waals surface area contributed by atoms with E-state index in [1.165, 1.54) is 36.5 Å². The zero-order valence-corrected chi connectivity index (χ0v) is 13.5. The van der Waals surface area contributed by atoms with Crippen molar-refractivity contribution in [3.05, 3.63) is 58.4 Å². The van der Waals surface area contributed by atoms with Crippen molar-refractivity contribution in [3.63, 3.8) is 0 Å². The molecule has 128 valence electrons. The van der Waals surface area contributed by atoms with Gasteiger partial charge >= 0.3 is 6.03 Å². The lowest BCUT2D eigenvalue weighted by atomic mass is 10.1. The quantitative estimate of drug-likeness (QED) is 0.757. The number of carbonyl (C=O) groups is 2. The number of alkyl halides is 1. The highest BCUT2D eigenvalue weighted by Crippen LogP contribution is 2.27. The normalized spacial score (nSPS) is 11.2. The van der Waals surface area contributed by atoms with Crippen LogP contribution >= 0.6 is 11.6 Å². The molecule has 0 radical (unpaired) electrons. The summed E-state index contributed by atoms with van der Waals surface area (Å²) in [5.41, 5.74) is 6.05. The van der Waals surface area contributed by atoms with Gasteiger partial charge in [-0.15, -0.1) is 0 Å². The summed E-state index contributed by atoms with van der Waals surface area (Å²) in [6.07, 6.45) is 1.28. The molecule has 1 atom stereocenters. The van der Waals surface area contributed by atoms with Crippen LogP contribution in [0.5, 0.6) is 0 Å². The molecular formula is C16H13ClFN5O2. The molecule has 0 fully saturated rings. The maximum atomic E-state index is 13.2. The van der Waals surface area contributed by atoms with Crippen LogP contribution in [0.15, 0.2) is 36.5 Å². The van der Waals surface area contributed by atoms with Gasteiger partial charge in [-0.2, -0.15) is 5.26 Å². The maximum Gasteiger partial charge on any atom is 0.312 e. The van der Waals surface area contributed by atoms with Gasteiger partial charge in [0, 0.05) is 16.9 Å². The minimum absolute atomic E-state index is 0.104. The molecule has 0 bridgehead atoms. The first-order chi connectivity index (χ1) is 11.9. The number of hydrogen-bond acceptors (Lipinski definition) is 4. The largest absolute Gasteiger partial charge is 0.352 e. The molecule has 1 heterocycles. The smallest absolute Gasteiger partial charge is 0.312 e. The molecule has 7 nitrogen and oxygen atoms in total. The van der Waals surface area contributed by atoms with E-state index < -0.39 is 24.7 Å². The number of nitrogens with one attached hydrogen (secondary N) is 2. The van der Waals surface area contributed by atoms with E-state index in [-0.39, 0.29) is 16.3 Å². The second-order valence-electron chi connectivity index (χ2n) is 4.95. The second kappa shape index (κ2) is 8.08. The summed E-state index contributed by atoms with van der Waals surface area (Å²) in [5, 5.41) is 13.8. The van der Waals surface area contributed by atoms with Crippen molar-refractivity contribution in [1.29, 1.82) is 5.26 Å². The van der Waals surface area contributed by atoms with E-state index in [2.05, 4.69) is 15.6 Å². The van der Waals surface area contributed by atoms with E-state index in [0.29, 0.717) is 11.3 Å². The molecule has 2 aromatic rings. The van der Waals surface area contributed by atoms with E-state index >= 15 is 0 Å². The molecule has 0 spiro atoms. The third-order valence-corrected chi connectivity index (χ3v) is 3.57. The van der Waals surface area contributed by atoms with Gasteiger partial charge in [0.2, 0.25) is 0 Å². The molecule has 0 saturated carbocycles. The molecule has 9 heteroatoms. The van der Waals surface area contributed by atoms with Gasteiger partial charge in [0.05, 0.1) is 11.6 Å². The Morgan fingerprint density at radius 3 is 2.68 bits per heavy atom. The molecule has 0 aliphatic carbocycles. The van der Waals surface area contributed by atoms with Crippen molar-refractivity contribution >= 4 is 29.2 Å². The standard InChI is InChI=1S/C16H13ClFN5O2/c17-12-3-2-10(5-11(12)14(6-18)23-16(20)25)22-15(24)13-4-1-9(7-19)8-21-13/h1-5,8,14H,6H2,(H,22,24)(H3,20,23,25)/t14-/m0/s1. The van der Waals surface area contributed by atoms with Crippen LogP contribution in [0.4, 0.5) is 14.9 Å². The maximum absolute atomic E-state index is 13.2. The average molecular weight is 362 g/mol. The number of aromatic nitrogens is 1. The van der Waals surface area contributed by atoms with Gasteiger partial charge in [-0.1, -0.05) is 11.6 Å². The van der Waals surface area contributed by atoms with Crippen LogP contribution < -0.4 is 16.4 Å². The zero-order valence-electron chi connectivity index (χ0n) is 12.8. The molecule has 1 aromatic carbocycles.